The van der Waals surface area contributed by atoms with Gasteiger partial charge in [0.05, 0.1) is 0 Å². The van der Waals surface area contributed by atoms with Crippen LogP contribution in [0.2, 0.25) is 0 Å². The molecule has 0 unspecified atom stereocenters. The van der Waals surface area contributed by atoms with Crippen LogP contribution in [0.5, 0.6) is 0 Å². The molecule has 0 bridgehead atoms. The van der Waals surface area contributed by atoms with E-state index in [1.165, 1.54) is 49.3 Å². The summed E-state index contributed by atoms with van der Waals surface area (Å²) in [6.07, 6.45) is 6.47. The molecule has 98 valence electrons. The molecule has 2 N–H and O–H groups in total. The molecule has 0 aliphatic heterocycles. The van der Waals surface area contributed by atoms with Crippen molar-refractivity contribution < 1.29 is 0 Å². The highest BCUT2D eigenvalue weighted by molar-refractivity contribution is 5.45. The van der Waals surface area contributed by atoms with E-state index >= 15 is 0 Å². The molecule has 3 nitrogen and oxygen atoms in total. The molecule has 0 spiro atoms. The van der Waals surface area contributed by atoms with Gasteiger partial charge in [-0.15, -0.1) is 0 Å². The third-order valence-electron chi connectivity index (χ3n) is 3.96. The third-order valence-corrected chi connectivity index (χ3v) is 3.96. The number of aromatic nitrogens is 1. The first-order chi connectivity index (χ1) is 8.80. The van der Waals surface area contributed by atoms with Crippen LogP contribution in [-0.4, -0.2) is 17.6 Å². The average molecular weight is 245 g/mol. The topological polar surface area (TPSA) is 42.1 Å². The van der Waals surface area contributed by atoms with E-state index in [1.54, 1.807) is 0 Å². The summed E-state index contributed by atoms with van der Waals surface area (Å²) in [5.41, 5.74) is 8.20. The SMILES string of the molecule is CCc1cc(CN)cc(N(CC2CC2)C2CC2)n1. The first-order valence-corrected chi connectivity index (χ1v) is 7.26. The number of aryl methyl sites for hydroxylation is 1. The second-order valence-electron chi connectivity index (χ2n) is 5.71. The van der Waals surface area contributed by atoms with Crippen LogP contribution in [0, 0.1) is 5.92 Å². The van der Waals surface area contributed by atoms with Gasteiger partial charge in [-0.25, -0.2) is 4.98 Å². The Morgan fingerprint density at radius 3 is 2.61 bits per heavy atom. The average Bonchev–Trinajstić information content (AvgIpc) is 3.28. The van der Waals surface area contributed by atoms with Crippen LogP contribution in [-0.2, 0) is 13.0 Å². The zero-order chi connectivity index (χ0) is 12.5. The second kappa shape index (κ2) is 4.88. The maximum atomic E-state index is 5.80. The van der Waals surface area contributed by atoms with E-state index in [2.05, 4.69) is 24.0 Å². The molecule has 0 aromatic carbocycles. The number of pyridine rings is 1. The number of hydrogen-bond acceptors (Lipinski definition) is 3. The summed E-state index contributed by atoms with van der Waals surface area (Å²) in [7, 11) is 0. The van der Waals surface area contributed by atoms with Crippen molar-refractivity contribution in [2.75, 3.05) is 11.4 Å². The monoisotopic (exact) mass is 245 g/mol. The molecule has 3 heteroatoms. The van der Waals surface area contributed by atoms with Gasteiger partial charge in [0.15, 0.2) is 0 Å². The summed E-state index contributed by atoms with van der Waals surface area (Å²) in [4.78, 5) is 7.35. The Hall–Kier alpha value is -1.09. The zero-order valence-electron chi connectivity index (χ0n) is 11.2. The lowest BCUT2D eigenvalue weighted by molar-refractivity contribution is 0.705. The molecule has 2 saturated carbocycles. The van der Waals surface area contributed by atoms with E-state index in [9.17, 15) is 0 Å². The molecule has 2 aliphatic rings. The highest BCUT2D eigenvalue weighted by atomic mass is 15.2. The van der Waals surface area contributed by atoms with E-state index in [-0.39, 0.29) is 0 Å². The van der Waals surface area contributed by atoms with Crippen LogP contribution >= 0.6 is 0 Å². The van der Waals surface area contributed by atoms with Gasteiger partial charge in [-0.3, -0.25) is 0 Å². The highest BCUT2D eigenvalue weighted by Crippen LogP contribution is 2.37. The normalized spacial score (nSPS) is 19.0. The fraction of sp³-hybridized carbons (Fsp3) is 0.667. The number of nitrogens with zero attached hydrogens (tertiary/aromatic N) is 2. The lowest BCUT2D eigenvalue weighted by atomic mass is 10.2. The van der Waals surface area contributed by atoms with Crippen LogP contribution in [0.4, 0.5) is 5.82 Å². The van der Waals surface area contributed by atoms with Gasteiger partial charge in [-0.2, -0.15) is 0 Å². The summed E-state index contributed by atoms with van der Waals surface area (Å²) in [5, 5.41) is 0. The molecule has 18 heavy (non-hydrogen) atoms. The van der Waals surface area contributed by atoms with Crippen molar-refractivity contribution in [3.05, 3.63) is 23.4 Å². The molecule has 2 aliphatic carbocycles. The Bertz CT molecular complexity index is 399. The third kappa shape index (κ3) is 2.66. The standard InChI is InChI=1S/C15H23N3/c1-2-13-7-12(9-16)8-15(17-13)18(14-5-6-14)10-11-3-4-11/h7-8,11,14H,2-6,9-10,16H2,1H3. The minimum atomic E-state index is 0.616. The second-order valence-corrected chi connectivity index (χ2v) is 5.71. The van der Waals surface area contributed by atoms with E-state index in [1.807, 2.05) is 0 Å². The van der Waals surface area contributed by atoms with Gasteiger partial charge in [-0.1, -0.05) is 6.92 Å². The number of rotatable bonds is 6. The molecule has 3 rings (SSSR count). The van der Waals surface area contributed by atoms with Crippen molar-refractivity contribution >= 4 is 5.82 Å². The largest absolute Gasteiger partial charge is 0.353 e. The van der Waals surface area contributed by atoms with Gasteiger partial charge >= 0.3 is 0 Å². The maximum absolute atomic E-state index is 5.80. The van der Waals surface area contributed by atoms with E-state index < -0.39 is 0 Å². The number of anilines is 1. The molecule has 0 amide bonds. The van der Waals surface area contributed by atoms with Crippen LogP contribution < -0.4 is 10.6 Å². The smallest absolute Gasteiger partial charge is 0.129 e. The highest BCUT2D eigenvalue weighted by Gasteiger charge is 2.34. The molecule has 1 aromatic heterocycles. The Labute approximate surface area is 109 Å². The molecular formula is C15H23N3. The van der Waals surface area contributed by atoms with Crippen molar-refractivity contribution in [3.63, 3.8) is 0 Å². The van der Waals surface area contributed by atoms with Crippen LogP contribution in [0.15, 0.2) is 12.1 Å². The zero-order valence-corrected chi connectivity index (χ0v) is 11.2. The van der Waals surface area contributed by atoms with Crippen molar-refractivity contribution in [2.45, 2.75) is 51.6 Å². The Balaban J connectivity index is 1.86. The van der Waals surface area contributed by atoms with Gasteiger partial charge in [0, 0.05) is 24.8 Å². The molecular weight excluding hydrogens is 222 g/mol. The lowest BCUT2D eigenvalue weighted by Gasteiger charge is -2.24. The van der Waals surface area contributed by atoms with Crippen molar-refractivity contribution in [1.29, 1.82) is 0 Å². The lowest BCUT2D eigenvalue weighted by Crippen LogP contribution is -2.29. The Morgan fingerprint density at radius 2 is 2.06 bits per heavy atom. The fourth-order valence-corrected chi connectivity index (χ4v) is 2.47. The minimum absolute atomic E-state index is 0.616. The summed E-state index contributed by atoms with van der Waals surface area (Å²) >= 11 is 0. The summed E-state index contributed by atoms with van der Waals surface area (Å²) < 4.78 is 0. The van der Waals surface area contributed by atoms with Crippen LogP contribution in [0.3, 0.4) is 0 Å². The summed E-state index contributed by atoms with van der Waals surface area (Å²) in [6.45, 7) is 3.98. The first kappa shape index (κ1) is 12.0. The molecule has 0 radical (unpaired) electrons. The fourth-order valence-electron chi connectivity index (χ4n) is 2.47. The van der Waals surface area contributed by atoms with Gasteiger partial charge in [0.1, 0.15) is 5.82 Å². The molecule has 0 saturated heterocycles. The van der Waals surface area contributed by atoms with E-state index in [0.29, 0.717) is 6.54 Å². The first-order valence-electron chi connectivity index (χ1n) is 7.26. The maximum Gasteiger partial charge on any atom is 0.129 e. The van der Waals surface area contributed by atoms with Gasteiger partial charge in [0.25, 0.3) is 0 Å². The van der Waals surface area contributed by atoms with Gasteiger partial charge < -0.3 is 10.6 Å². The predicted molar refractivity (Wildman–Crippen MR) is 74.6 cm³/mol. The van der Waals surface area contributed by atoms with Crippen molar-refractivity contribution in [3.8, 4) is 0 Å². The summed E-state index contributed by atoms with van der Waals surface area (Å²) in [6, 6.07) is 5.08. The van der Waals surface area contributed by atoms with E-state index in [4.69, 9.17) is 10.7 Å². The molecule has 0 atom stereocenters. The predicted octanol–water partition coefficient (Wildman–Crippen LogP) is 2.48. The Morgan fingerprint density at radius 1 is 1.28 bits per heavy atom. The van der Waals surface area contributed by atoms with E-state index in [0.717, 1.165) is 18.4 Å². The number of nitrogens with two attached hydrogens (primary N) is 1. The Kier molecular flexibility index (Phi) is 3.25. The molecule has 1 heterocycles. The van der Waals surface area contributed by atoms with Crippen LogP contribution in [0.25, 0.3) is 0 Å². The molecule has 1 aromatic rings. The van der Waals surface area contributed by atoms with Gasteiger partial charge in [-0.05, 0) is 55.7 Å². The summed E-state index contributed by atoms with van der Waals surface area (Å²) in [5.74, 6) is 2.09. The quantitative estimate of drug-likeness (QED) is 0.837. The van der Waals surface area contributed by atoms with Crippen molar-refractivity contribution in [2.24, 2.45) is 11.7 Å². The van der Waals surface area contributed by atoms with Crippen molar-refractivity contribution in [1.82, 2.24) is 4.98 Å². The van der Waals surface area contributed by atoms with Crippen LogP contribution in [0.1, 0.15) is 43.9 Å². The van der Waals surface area contributed by atoms with Gasteiger partial charge in [0.2, 0.25) is 0 Å². The number of hydrogen-bond donors (Lipinski definition) is 1. The molecule has 2 fully saturated rings. The minimum Gasteiger partial charge on any atom is -0.353 e.